The molecule has 0 saturated carbocycles. The number of aliphatic hydroxyl groups excluding tert-OH is 5. The Morgan fingerprint density at radius 3 is 1.63 bits per heavy atom. The van der Waals surface area contributed by atoms with Crippen LogP contribution in [0.2, 0.25) is 0 Å². The van der Waals surface area contributed by atoms with Crippen LogP contribution in [0.4, 0.5) is 0 Å². The summed E-state index contributed by atoms with van der Waals surface area (Å²) in [6.45, 7) is 3.59. The minimum atomic E-state index is -1.58. The molecule has 9 nitrogen and oxygen atoms in total. The second-order valence-corrected chi connectivity index (χ2v) is 15.5. The van der Waals surface area contributed by atoms with Gasteiger partial charge in [-0.3, -0.25) is 4.79 Å². The van der Waals surface area contributed by atoms with Crippen molar-refractivity contribution < 1.29 is 39.8 Å². The molecule has 1 saturated heterocycles. The first kappa shape index (κ1) is 54.1. The molecule has 0 spiro atoms. The van der Waals surface area contributed by atoms with Crippen LogP contribution < -0.4 is 5.32 Å². The Labute approximate surface area is 358 Å². The van der Waals surface area contributed by atoms with E-state index in [0.29, 0.717) is 6.42 Å². The van der Waals surface area contributed by atoms with E-state index in [0.717, 1.165) is 70.6 Å². The monoisotopic (exact) mass is 826 g/mol. The number of allylic oxidation sites excluding steroid dienone is 15. The molecule has 1 aliphatic rings. The van der Waals surface area contributed by atoms with Gasteiger partial charge in [-0.25, -0.2) is 0 Å². The van der Waals surface area contributed by atoms with Crippen molar-refractivity contribution in [1.29, 1.82) is 0 Å². The lowest BCUT2D eigenvalue weighted by atomic mass is 9.99. The molecule has 1 amide bonds. The fourth-order valence-electron chi connectivity index (χ4n) is 6.47. The van der Waals surface area contributed by atoms with E-state index in [1.165, 1.54) is 57.8 Å². The zero-order chi connectivity index (χ0) is 43.0. The Hall–Kier alpha value is -2.89. The number of carbonyl (C=O) groups is 1. The first-order valence-electron chi connectivity index (χ1n) is 23.0. The quantitative estimate of drug-likeness (QED) is 0.0270. The molecule has 59 heavy (non-hydrogen) atoms. The molecule has 0 aromatic carbocycles. The van der Waals surface area contributed by atoms with Crippen LogP contribution in [-0.4, -0.2) is 87.5 Å². The Balaban J connectivity index is 2.43. The largest absolute Gasteiger partial charge is 0.394 e. The number of amides is 1. The van der Waals surface area contributed by atoms with Crippen molar-refractivity contribution >= 4 is 5.91 Å². The average molecular weight is 826 g/mol. The molecule has 7 atom stereocenters. The highest BCUT2D eigenvalue weighted by molar-refractivity contribution is 5.76. The molecule has 1 fully saturated rings. The van der Waals surface area contributed by atoms with Crippen LogP contribution in [0.3, 0.4) is 0 Å². The number of carbonyl (C=O) groups excluding carboxylic acids is 1. The summed E-state index contributed by atoms with van der Waals surface area (Å²) in [5, 5.41) is 54.1. The van der Waals surface area contributed by atoms with E-state index in [1.807, 2.05) is 6.08 Å². The van der Waals surface area contributed by atoms with E-state index in [4.69, 9.17) is 9.47 Å². The van der Waals surface area contributed by atoms with Gasteiger partial charge in [0.05, 0.1) is 25.4 Å². The number of nitrogens with one attached hydrogen (secondary N) is 1. The smallest absolute Gasteiger partial charge is 0.220 e. The third-order valence-electron chi connectivity index (χ3n) is 10.1. The first-order chi connectivity index (χ1) is 28.8. The molecule has 1 aliphatic heterocycles. The molecule has 0 aliphatic carbocycles. The van der Waals surface area contributed by atoms with Crippen LogP contribution in [0, 0.1) is 0 Å². The number of ether oxygens (including phenoxy) is 2. The maximum Gasteiger partial charge on any atom is 0.220 e. The minimum Gasteiger partial charge on any atom is -0.394 e. The van der Waals surface area contributed by atoms with Crippen LogP contribution in [0.15, 0.2) is 97.2 Å². The predicted molar refractivity (Wildman–Crippen MR) is 244 cm³/mol. The number of rotatable bonds is 36. The summed E-state index contributed by atoms with van der Waals surface area (Å²) in [6.07, 6.45) is 48.8. The van der Waals surface area contributed by atoms with Gasteiger partial charge >= 0.3 is 0 Å². The van der Waals surface area contributed by atoms with E-state index in [2.05, 4.69) is 104 Å². The second-order valence-electron chi connectivity index (χ2n) is 15.5. The van der Waals surface area contributed by atoms with Crippen LogP contribution in [0.5, 0.6) is 0 Å². The summed E-state index contributed by atoms with van der Waals surface area (Å²) in [5.74, 6) is -0.234. The molecule has 9 heteroatoms. The molecule has 7 unspecified atom stereocenters. The van der Waals surface area contributed by atoms with Crippen LogP contribution in [0.25, 0.3) is 0 Å². The van der Waals surface area contributed by atoms with Gasteiger partial charge in [0, 0.05) is 6.42 Å². The fourth-order valence-corrected chi connectivity index (χ4v) is 6.47. The maximum atomic E-state index is 12.9. The van der Waals surface area contributed by atoms with Gasteiger partial charge in [-0.05, 0) is 83.5 Å². The zero-order valence-corrected chi connectivity index (χ0v) is 36.7. The Kier molecular flexibility index (Phi) is 36.0. The first-order valence-corrected chi connectivity index (χ1v) is 23.0. The van der Waals surface area contributed by atoms with Crippen LogP contribution in [-0.2, 0) is 14.3 Å². The van der Waals surface area contributed by atoms with Gasteiger partial charge in [-0.15, -0.1) is 0 Å². The molecule has 0 bridgehead atoms. The second kappa shape index (κ2) is 39.3. The van der Waals surface area contributed by atoms with Crippen molar-refractivity contribution in [1.82, 2.24) is 5.32 Å². The molecule has 1 heterocycles. The maximum absolute atomic E-state index is 12.9. The van der Waals surface area contributed by atoms with E-state index < -0.39 is 49.5 Å². The molecule has 1 rings (SSSR count). The van der Waals surface area contributed by atoms with E-state index >= 15 is 0 Å². The third kappa shape index (κ3) is 29.9. The predicted octanol–water partition coefficient (Wildman–Crippen LogP) is 9.72. The summed E-state index contributed by atoms with van der Waals surface area (Å²) in [5.41, 5.74) is 0. The molecule has 0 aromatic heterocycles. The molecule has 6 N–H and O–H groups in total. The van der Waals surface area contributed by atoms with E-state index in [-0.39, 0.29) is 18.9 Å². The third-order valence-corrected chi connectivity index (χ3v) is 10.1. The van der Waals surface area contributed by atoms with Gasteiger partial charge in [-0.2, -0.15) is 0 Å². The number of unbranched alkanes of at least 4 members (excludes halogenated alkanes) is 12. The molecular formula is C50H83NO8. The van der Waals surface area contributed by atoms with Gasteiger partial charge in [0.1, 0.15) is 24.4 Å². The van der Waals surface area contributed by atoms with Gasteiger partial charge < -0.3 is 40.3 Å². The van der Waals surface area contributed by atoms with E-state index in [9.17, 15) is 30.3 Å². The number of hydrogen-bond acceptors (Lipinski definition) is 8. The van der Waals surface area contributed by atoms with Gasteiger partial charge in [0.15, 0.2) is 6.29 Å². The molecule has 0 radical (unpaired) electrons. The highest BCUT2D eigenvalue weighted by Crippen LogP contribution is 2.22. The lowest BCUT2D eigenvalue weighted by Crippen LogP contribution is -2.60. The summed E-state index contributed by atoms with van der Waals surface area (Å²) in [6, 6.07) is -0.850. The fraction of sp³-hybridized carbons (Fsp3) is 0.660. The summed E-state index contributed by atoms with van der Waals surface area (Å²) in [4.78, 5) is 12.9. The van der Waals surface area contributed by atoms with Gasteiger partial charge in [-0.1, -0.05) is 162 Å². The highest BCUT2D eigenvalue weighted by Gasteiger charge is 2.44. The summed E-state index contributed by atoms with van der Waals surface area (Å²) in [7, 11) is 0. The van der Waals surface area contributed by atoms with Gasteiger partial charge in [0.25, 0.3) is 0 Å². The summed E-state index contributed by atoms with van der Waals surface area (Å²) < 4.78 is 11.2. The standard InChI is InChI=1S/C50H83NO8/c1-3-5-7-9-11-13-15-17-19-20-21-22-23-24-26-28-30-32-34-36-38-40-46(54)51-43(42-58-50-49(57)48(56)47(55)45(41-52)59-50)44(53)39-37-35-33-31-29-27-25-18-16-14-12-10-8-6-4-2/h5,7,11,13,17,19,21-22,24,26,29-32,37,39,43-45,47-50,52-53,55-57H,3-4,6,8-10,12,14-16,18,20,23,25,27-28,33-36,38,40-42H2,1-2H3,(H,51,54)/b7-5-,13-11-,19-17-,22-21-,26-24-,31-29+,32-30-,39-37+. The molecule has 336 valence electrons. The van der Waals surface area contributed by atoms with Gasteiger partial charge in [0.2, 0.25) is 5.91 Å². The van der Waals surface area contributed by atoms with Crippen molar-refractivity contribution in [2.24, 2.45) is 0 Å². The van der Waals surface area contributed by atoms with E-state index in [1.54, 1.807) is 6.08 Å². The lowest BCUT2D eigenvalue weighted by Gasteiger charge is -2.40. The SMILES string of the molecule is CC/C=C\C/C=C\C/C=C\C/C=C\C/C=C\C/C=C\CCCCC(=O)NC(COC1OC(CO)C(O)C(O)C1O)C(O)/C=C/CC/C=C/CCCCCCCCCCC. The topological polar surface area (TPSA) is 149 Å². The Bertz CT molecular complexity index is 1240. The number of hydrogen-bond donors (Lipinski definition) is 6. The van der Waals surface area contributed by atoms with Crippen molar-refractivity contribution in [2.45, 2.75) is 198 Å². The van der Waals surface area contributed by atoms with Crippen molar-refractivity contribution in [3.05, 3.63) is 97.2 Å². The van der Waals surface area contributed by atoms with Crippen LogP contribution >= 0.6 is 0 Å². The van der Waals surface area contributed by atoms with Crippen molar-refractivity contribution in [2.75, 3.05) is 13.2 Å². The molecule has 0 aromatic rings. The molecular weight excluding hydrogens is 743 g/mol. The van der Waals surface area contributed by atoms with Crippen LogP contribution in [0.1, 0.15) is 155 Å². The van der Waals surface area contributed by atoms with Crippen molar-refractivity contribution in [3.63, 3.8) is 0 Å². The average Bonchev–Trinajstić information content (AvgIpc) is 3.23. The number of aliphatic hydroxyl groups is 5. The minimum absolute atomic E-state index is 0.225. The lowest BCUT2D eigenvalue weighted by molar-refractivity contribution is -0.302. The highest BCUT2D eigenvalue weighted by atomic mass is 16.7. The Morgan fingerprint density at radius 2 is 1.07 bits per heavy atom. The summed E-state index contributed by atoms with van der Waals surface area (Å²) >= 11 is 0. The normalized spacial score (nSPS) is 21.6. The Morgan fingerprint density at radius 1 is 0.593 bits per heavy atom. The van der Waals surface area contributed by atoms with Crippen molar-refractivity contribution in [3.8, 4) is 0 Å². The zero-order valence-electron chi connectivity index (χ0n) is 36.7.